The van der Waals surface area contributed by atoms with Crippen LogP contribution >= 0.6 is 11.6 Å². The van der Waals surface area contributed by atoms with E-state index in [1.54, 1.807) is 0 Å². The monoisotopic (exact) mass is 277 g/mol. The van der Waals surface area contributed by atoms with Crippen LogP contribution in [0.25, 0.3) is 0 Å². The van der Waals surface area contributed by atoms with Crippen LogP contribution in [0.1, 0.15) is 96.8 Å². The van der Waals surface area contributed by atoms with Gasteiger partial charge in [0.05, 0.1) is 0 Å². The van der Waals surface area contributed by atoms with Gasteiger partial charge in [-0.1, -0.05) is 90.4 Å². The fourth-order valence-corrected chi connectivity index (χ4v) is 2.48. The highest BCUT2D eigenvalue weighted by atomic mass is 35.5. The third-order valence-corrected chi connectivity index (χ3v) is 3.75. The van der Waals surface area contributed by atoms with Crippen LogP contribution in [0.15, 0.2) is 0 Å². The fraction of sp³-hybridized carbons (Fsp3) is 1.00. The van der Waals surface area contributed by atoms with Crippen LogP contribution in [0.5, 0.6) is 0 Å². The lowest BCUT2D eigenvalue weighted by atomic mass is 10.0. The molecule has 0 aromatic rings. The number of hydrogen-bond donors (Lipinski definition) is 1. The quantitative estimate of drug-likeness (QED) is 0.273. The van der Waals surface area contributed by atoms with E-state index in [0.717, 1.165) is 5.88 Å². The second-order valence-electron chi connectivity index (χ2n) is 5.29. The Morgan fingerprint density at radius 3 is 1.06 bits per heavy atom. The highest BCUT2D eigenvalue weighted by Gasteiger charge is 1.93. The summed E-state index contributed by atoms with van der Waals surface area (Å²) in [4.78, 5) is 0. The maximum atomic E-state index is 5.64. The molecule has 0 bridgehead atoms. The van der Waals surface area contributed by atoms with Crippen molar-refractivity contribution in [3.8, 4) is 0 Å². The molecule has 2 heteroatoms. The van der Waals surface area contributed by atoms with Crippen LogP contribution in [0, 0.1) is 0 Å². The molecular formula is C16H36ClN. The molecule has 0 atom stereocenters. The molecule has 0 saturated heterocycles. The van der Waals surface area contributed by atoms with E-state index in [1.807, 2.05) is 0 Å². The van der Waals surface area contributed by atoms with Crippen LogP contribution in [0.2, 0.25) is 0 Å². The van der Waals surface area contributed by atoms with Gasteiger partial charge in [0, 0.05) is 5.88 Å². The van der Waals surface area contributed by atoms with Crippen molar-refractivity contribution in [2.75, 3.05) is 5.88 Å². The van der Waals surface area contributed by atoms with Crippen molar-refractivity contribution in [1.82, 2.24) is 6.15 Å². The molecule has 0 aromatic carbocycles. The Kier molecular flexibility index (Phi) is 22.4. The topological polar surface area (TPSA) is 35.0 Å². The molecule has 0 spiro atoms. The SMILES string of the molecule is CCCCCCCCCCCCCCCCCl.N. The van der Waals surface area contributed by atoms with Crippen molar-refractivity contribution >= 4 is 11.6 Å². The Bertz CT molecular complexity index is 114. The van der Waals surface area contributed by atoms with Crippen LogP contribution in [0.3, 0.4) is 0 Å². The van der Waals surface area contributed by atoms with Crippen LogP contribution in [0.4, 0.5) is 0 Å². The van der Waals surface area contributed by atoms with Crippen molar-refractivity contribution in [1.29, 1.82) is 0 Å². The first-order chi connectivity index (χ1) is 8.41. The van der Waals surface area contributed by atoms with Crippen LogP contribution < -0.4 is 6.15 Å². The molecule has 0 unspecified atom stereocenters. The summed E-state index contributed by atoms with van der Waals surface area (Å²) < 4.78 is 0. The molecule has 112 valence electrons. The summed E-state index contributed by atoms with van der Waals surface area (Å²) in [6.07, 6.45) is 19.8. The van der Waals surface area contributed by atoms with Crippen molar-refractivity contribution in [3.05, 3.63) is 0 Å². The summed E-state index contributed by atoms with van der Waals surface area (Å²) in [6.45, 7) is 2.28. The van der Waals surface area contributed by atoms with Gasteiger partial charge < -0.3 is 6.15 Å². The van der Waals surface area contributed by atoms with E-state index in [0.29, 0.717) is 0 Å². The lowest BCUT2D eigenvalue weighted by molar-refractivity contribution is 0.538. The third-order valence-electron chi connectivity index (χ3n) is 3.49. The maximum absolute atomic E-state index is 5.64. The zero-order chi connectivity index (χ0) is 12.6. The highest BCUT2D eigenvalue weighted by molar-refractivity contribution is 6.17. The van der Waals surface area contributed by atoms with Gasteiger partial charge in [0.1, 0.15) is 0 Å². The smallest absolute Gasteiger partial charge is 0.0223 e. The molecule has 0 aliphatic heterocycles. The number of unbranched alkanes of at least 4 members (excludes halogenated alkanes) is 13. The fourth-order valence-electron chi connectivity index (χ4n) is 2.29. The molecule has 0 aliphatic carbocycles. The van der Waals surface area contributed by atoms with E-state index in [4.69, 9.17) is 11.6 Å². The molecule has 0 aliphatic rings. The van der Waals surface area contributed by atoms with Gasteiger partial charge in [-0.15, -0.1) is 11.6 Å². The summed E-state index contributed by atoms with van der Waals surface area (Å²) in [5.74, 6) is 0.845. The zero-order valence-electron chi connectivity index (χ0n) is 12.7. The van der Waals surface area contributed by atoms with E-state index in [-0.39, 0.29) is 6.15 Å². The van der Waals surface area contributed by atoms with Gasteiger partial charge in [-0.05, 0) is 6.42 Å². The normalized spacial score (nSPS) is 10.3. The molecule has 0 rings (SSSR count). The van der Waals surface area contributed by atoms with Crippen molar-refractivity contribution < 1.29 is 0 Å². The average molecular weight is 278 g/mol. The number of halogens is 1. The molecule has 0 saturated carbocycles. The predicted molar refractivity (Wildman–Crippen MR) is 86.1 cm³/mol. The van der Waals surface area contributed by atoms with Gasteiger partial charge in [-0.3, -0.25) is 0 Å². The third kappa shape index (κ3) is 18.6. The summed E-state index contributed by atoms with van der Waals surface area (Å²) in [6, 6.07) is 0. The van der Waals surface area contributed by atoms with E-state index >= 15 is 0 Å². The first-order valence-corrected chi connectivity index (χ1v) is 8.51. The lowest BCUT2D eigenvalue weighted by Crippen LogP contribution is -1.83. The van der Waals surface area contributed by atoms with Gasteiger partial charge in [0.15, 0.2) is 0 Å². The molecule has 18 heavy (non-hydrogen) atoms. The second kappa shape index (κ2) is 19.6. The van der Waals surface area contributed by atoms with Crippen molar-refractivity contribution in [2.45, 2.75) is 96.8 Å². The highest BCUT2D eigenvalue weighted by Crippen LogP contribution is 2.12. The van der Waals surface area contributed by atoms with E-state index < -0.39 is 0 Å². The van der Waals surface area contributed by atoms with E-state index in [9.17, 15) is 0 Å². The van der Waals surface area contributed by atoms with Crippen LogP contribution in [-0.4, -0.2) is 5.88 Å². The molecule has 0 radical (unpaired) electrons. The number of alkyl halides is 1. The zero-order valence-corrected chi connectivity index (χ0v) is 13.4. The Labute approximate surface area is 121 Å². The van der Waals surface area contributed by atoms with Crippen molar-refractivity contribution in [3.63, 3.8) is 0 Å². The summed E-state index contributed by atoms with van der Waals surface area (Å²) in [5.41, 5.74) is 0. The molecule has 1 nitrogen and oxygen atoms in total. The first kappa shape index (κ1) is 20.6. The maximum Gasteiger partial charge on any atom is 0.0223 e. The van der Waals surface area contributed by atoms with E-state index in [1.165, 1.54) is 89.9 Å². The molecule has 0 heterocycles. The van der Waals surface area contributed by atoms with Gasteiger partial charge >= 0.3 is 0 Å². The Morgan fingerprint density at radius 1 is 0.500 bits per heavy atom. The molecule has 3 N–H and O–H groups in total. The lowest BCUT2D eigenvalue weighted by Gasteiger charge is -2.02. The average Bonchev–Trinajstić information content (AvgIpc) is 2.35. The molecule has 0 fully saturated rings. The largest absolute Gasteiger partial charge is 0.344 e. The number of hydrogen-bond acceptors (Lipinski definition) is 1. The first-order valence-electron chi connectivity index (χ1n) is 7.97. The number of rotatable bonds is 14. The second-order valence-corrected chi connectivity index (χ2v) is 5.66. The minimum atomic E-state index is 0. The summed E-state index contributed by atoms with van der Waals surface area (Å²) in [7, 11) is 0. The minimum Gasteiger partial charge on any atom is -0.344 e. The van der Waals surface area contributed by atoms with Crippen molar-refractivity contribution in [2.24, 2.45) is 0 Å². The summed E-state index contributed by atoms with van der Waals surface area (Å²) in [5, 5.41) is 0. The standard InChI is InChI=1S/C16H33Cl.H3N/c1-2-3-4-5-6-7-8-9-10-11-12-13-14-15-16-17;/h2-16H2,1H3;1H3. The van der Waals surface area contributed by atoms with Gasteiger partial charge in [0.25, 0.3) is 0 Å². The molecule has 0 aromatic heterocycles. The molecule has 0 amide bonds. The van der Waals surface area contributed by atoms with Crippen LogP contribution in [-0.2, 0) is 0 Å². The predicted octanol–water partition coefficient (Wildman–Crippen LogP) is 6.87. The van der Waals surface area contributed by atoms with Gasteiger partial charge in [-0.2, -0.15) is 0 Å². The van der Waals surface area contributed by atoms with Gasteiger partial charge in [-0.25, -0.2) is 0 Å². The minimum absolute atomic E-state index is 0. The van der Waals surface area contributed by atoms with Gasteiger partial charge in [0.2, 0.25) is 0 Å². The molecular weight excluding hydrogens is 242 g/mol. The Hall–Kier alpha value is 0.250. The summed E-state index contributed by atoms with van der Waals surface area (Å²) >= 11 is 5.64. The Morgan fingerprint density at radius 2 is 0.778 bits per heavy atom. The van der Waals surface area contributed by atoms with E-state index in [2.05, 4.69) is 6.92 Å². The Balaban J connectivity index is 0.